The lowest BCUT2D eigenvalue weighted by Gasteiger charge is -2.39. The second kappa shape index (κ2) is 6.05. The van der Waals surface area contributed by atoms with Crippen molar-refractivity contribution in [1.82, 2.24) is 4.90 Å². The number of piperidine rings is 1. The third-order valence-corrected chi connectivity index (χ3v) is 4.27. The van der Waals surface area contributed by atoms with E-state index in [9.17, 15) is 5.11 Å². The van der Waals surface area contributed by atoms with Gasteiger partial charge in [0.15, 0.2) is 0 Å². The Balaban J connectivity index is 1.89. The van der Waals surface area contributed by atoms with E-state index in [0.29, 0.717) is 0 Å². The number of benzene rings is 1. The predicted octanol–water partition coefficient (Wildman–Crippen LogP) is 2.98. The average molecular weight is 268 g/mol. The van der Waals surface area contributed by atoms with Crippen LogP contribution in [0.1, 0.15) is 25.3 Å². The molecule has 0 aliphatic carbocycles. The third kappa shape index (κ3) is 3.47. The van der Waals surface area contributed by atoms with Crippen LogP contribution in [0.15, 0.2) is 24.3 Å². The number of aliphatic hydroxyl groups is 1. The van der Waals surface area contributed by atoms with Crippen molar-refractivity contribution in [2.45, 2.75) is 26.2 Å². The quantitative estimate of drug-likeness (QED) is 0.907. The number of aliphatic hydroxyl groups excluding tert-OH is 1. The van der Waals surface area contributed by atoms with Crippen LogP contribution < -0.4 is 0 Å². The van der Waals surface area contributed by atoms with Gasteiger partial charge in [0.25, 0.3) is 0 Å². The van der Waals surface area contributed by atoms with Crippen LogP contribution in [0.25, 0.3) is 0 Å². The molecule has 0 saturated carbocycles. The van der Waals surface area contributed by atoms with Crippen LogP contribution in [-0.4, -0.2) is 36.2 Å². The number of hydrogen-bond donors (Lipinski definition) is 1. The Labute approximate surface area is 115 Å². The first-order valence-electron chi connectivity index (χ1n) is 6.70. The molecule has 2 rings (SSSR count). The number of likely N-dealkylation sites (tertiary alicyclic amines) is 1. The lowest BCUT2D eigenvalue weighted by molar-refractivity contribution is 0.0472. The molecule has 0 aromatic heterocycles. The van der Waals surface area contributed by atoms with Crippen molar-refractivity contribution in [3.05, 3.63) is 34.9 Å². The summed E-state index contributed by atoms with van der Waals surface area (Å²) in [6.45, 7) is 5.62. The van der Waals surface area contributed by atoms with E-state index in [-0.39, 0.29) is 12.0 Å². The SMILES string of the molecule is CC1(CO)CCCN(CCc2ccccc2Cl)C1. The van der Waals surface area contributed by atoms with E-state index in [4.69, 9.17) is 11.6 Å². The highest BCUT2D eigenvalue weighted by atomic mass is 35.5. The molecule has 1 saturated heterocycles. The van der Waals surface area contributed by atoms with Crippen molar-refractivity contribution in [2.24, 2.45) is 5.41 Å². The largest absolute Gasteiger partial charge is 0.396 e. The molecule has 18 heavy (non-hydrogen) atoms. The summed E-state index contributed by atoms with van der Waals surface area (Å²) >= 11 is 6.17. The second-order valence-corrected chi connectivity index (χ2v) is 6.10. The maximum atomic E-state index is 9.45. The van der Waals surface area contributed by atoms with Gasteiger partial charge in [-0.05, 0) is 37.4 Å². The van der Waals surface area contributed by atoms with E-state index in [1.165, 1.54) is 12.0 Å². The zero-order valence-corrected chi connectivity index (χ0v) is 11.8. The monoisotopic (exact) mass is 267 g/mol. The van der Waals surface area contributed by atoms with Gasteiger partial charge in [-0.3, -0.25) is 0 Å². The molecule has 0 bridgehead atoms. The van der Waals surface area contributed by atoms with Gasteiger partial charge in [-0.15, -0.1) is 0 Å². The Morgan fingerprint density at radius 3 is 2.89 bits per heavy atom. The minimum absolute atomic E-state index is 0.0821. The van der Waals surface area contributed by atoms with Gasteiger partial charge in [-0.25, -0.2) is 0 Å². The smallest absolute Gasteiger partial charge is 0.0497 e. The van der Waals surface area contributed by atoms with Crippen molar-refractivity contribution in [3.63, 3.8) is 0 Å². The molecule has 1 fully saturated rings. The molecule has 1 heterocycles. The van der Waals surface area contributed by atoms with Gasteiger partial charge in [0.05, 0.1) is 0 Å². The summed E-state index contributed by atoms with van der Waals surface area (Å²) in [5.74, 6) is 0. The van der Waals surface area contributed by atoms with E-state index >= 15 is 0 Å². The van der Waals surface area contributed by atoms with E-state index < -0.39 is 0 Å². The maximum absolute atomic E-state index is 9.45. The Morgan fingerprint density at radius 1 is 1.39 bits per heavy atom. The second-order valence-electron chi connectivity index (χ2n) is 5.69. The minimum atomic E-state index is 0.0821. The van der Waals surface area contributed by atoms with Crippen molar-refractivity contribution in [1.29, 1.82) is 0 Å². The van der Waals surface area contributed by atoms with Crippen LogP contribution in [0.4, 0.5) is 0 Å². The van der Waals surface area contributed by atoms with Crippen LogP contribution in [0.2, 0.25) is 5.02 Å². The van der Waals surface area contributed by atoms with Crippen molar-refractivity contribution >= 4 is 11.6 Å². The topological polar surface area (TPSA) is 23.5 Å². The molecular weight excluding hydrogens is 246 g/mol. The number of nitrogens with zero attached hydrogens (tertiary/aromatic N) is 1. The normalized spacial score (nSPS) is 25.3. The summed E-state index contributed by atoms with van der Waals surface area (Å²) in [7, 11) is 0. The molecule has 1 unspecified atom stereocenters. The van der Waals surface area contributed by atoms with Gasteiger partial charge in [0.2, 0.25) is 0 Å². The first-order chi connectivity index (χ1) is 8.63. The molecule has 100 valence electrons. The van der Waals surface area contributed by atoms with E-state index in [2.05, 4.69) is 17.9 Å². The van der Waals surface area contributed by atoms with Gasteiger partial charge in [-0.2, -0.15) is 0 Å². The fourth-order valence-electron chi connectivity index (χ4n) is 2.73. The Hall–Kier alpha value is -0.570. The van der Waals surface area contributed by atoms with Crippen molar-refractivity contribution in [3.8, 4) is 0 Å². The fraction of sp³-hybridized carbons (Fsp3) is 0.600. The molecule has 0 radical (unpaired) electrons. The van der Waals surface area contributed by atoms with E-state index in [1.54, 1.807) is 0 Å². The maximum Gasteiger partial charge on any atom is 0.0497 e. The third-order valence-electron chi connectivity index (χ3n) is 3.90. The fourth-order valence-corrected chi connectivity index (χ4v) is 2.96. The van der Waals surface area contributed by atoms with Gasteiger partial charge in [0, 0.05) is 30.1 Å². The molecular formula is C15H22ClNO. The molecule has 0 amide bonds. The Bertz CT molecular complexity index is 396. The van der Waals surface area contributed by atoms with Gasteiger partial charge >= 0.3 is 0 Å². The highest BCUT2D eigenvalue weighted by Gasteiger charge is 2.29. The summed E-state index contributed by atoms with van der Waals surface area (Å²) in [5, 5.41) is 10.3. The van der Waals surface area contributed by atoms with E-state index in [1.807, 2.05) is 18.2 Å². The Morgan fingerprint density at radius 2 is 2.17 bits per heavy atom. The van der Waals surface area contributed by atoms with Gasteiger partial charge < -0.3 is 10.0 Å². The molecule has 2 nitrogen and oxygen atoms in total. The minimum Gasteiger partial charge on any atom is -0.396 e. The summed E-state index contributed by atoms with van der Waals surface area (Å²) in [6.07, 6.45) is 3.30. The summed E-state index contributed by atoms with van der Waals surface area (Å²) in [6, 6.07) is 8.05. The molecule has 1 aliphatic rings. The van der Waals surface area contributed by atoms with Crippen LogP contribution in [-0.2, 0) is 6.42 Å². The van der Waals surface area contributed by atoms with Crippen LogP contribution in [0, 0.1) is 5.41 Å². The zero-order chi connectivity index (χ0) is 13.0. The van der Waals surface area contributed by atoms with Crippen molar-refractivity contribution in [2.75, 3.05) is 26.2 Å². The van der Waals surface area contributed by atoms with E-state index in [0.717, 1.165) is 37.5 Å². The van der Waals surface area contributed by atoms with Crippen molar-refractivity contribution < 1.29 is 5.11 Å². The standard InChI is InChI=1S/C15H22ClNO/c1-15(12-18)8-4-9-17(11-15)10-7-13-5-2-3-6-14(13)16/h2-3,5-6,18H,4,7-12H2,1H3. The molecule has 1 aromatic carbocycles. The molecule has 1 N–H and O–H groups in total. The van der Waals surface area contributed by atoms with Crippen LogP contribution >= 0.6 is 11.6 Å². The molecule has 1 aromatic rings. The average Bonchev–Trinajstić information content (AvgIpc) is 2.38. The van der Waals surface area contributed by atoms with Crippen LogP contribution in [0.3, 0.4) is 0 Å². The Kier molecular flexibility index (Phi) is 4.66. The molecule has 0 spiro atoms. The predicted molar refractivity (Wildman–Crippen MR) is 76.0 cm³/mol. The first kappa shape index (κ1) is 13.9. The lowest BCUT2D eigenvalue weighted by atomic mass is 9.83. The first-order valence-corrected chi connectivity index (χ1v) is 7.07. The summed E-state index contributed by atoms with van der Waals surface area (Å²) < 4.78 is 0. The summed E-state index contributed by atoms with van der Waals surface area (Å²) in [5.41, 5.74) is 1.30. The zero-order valence-electron chi connectivity index (χ0n) is 11.0. The molecule has 1 aliphatic heterocycles. The number of halogens is 1. The highest BCUT2D eigenvalue weighted by Crippen LogP contribution is 2.28. The number of hydrogen-bond acceptors (Lipinski definition) is 2. The molecule has 1 atom stereocenters. The van der Waals surface area contributed by atoms with Crippen LogP contribution in [0.5, 0.6) is 0 Å². The van der Waals surface area contributed by atoms with Gasteiger partial charge in [-0.1, -0.05) is 36.7 Å². The summed E-state index contributed by atoms with van der Waals surface area (Å²) in [4.78, 5) is 2.45. The lowest BCUT2D eigenvalue weighted by Crippen LogP contribution is -2.44. The highest BCUT2D eigenvalue weighted by molar-refractivity contribution is 6.31. The van der Waals surface area contributed by atoms with Gasteiger partial charge in [0.1, 0.15) is 0 Å². The number of rotatable bonds is 4. The molecule has 3 heteroatoms.